The highest BCUT2D eigenvalue weighted by molar-refractivity contribution is 7.80. The predicted octanol–water partition coefficient (Wildman–Crippen LogP) is 5.53. The van der Waals surface area contributed by atoms with Crippen molar-refractivity contribution in [3.8, 4) is 0 Å². The van der Waals surface area contributed by atoms with Crippen LogP contribution in [-0.4, -0.2) is 18.2 Å². The summed E-state index contributed by atoms with van der Waals surface area (Å²) in [5, 5.41) is 7.31. The van der Waals surface area contributed by atoms with Gasteiger partial charge in [0, 0.05) is 24.5 Å². The number of nitrogens with one attached hydrogen (secondary N) is 2. The predicted molar refractivity (Wildman–Crippen MR) is 121 cm³/mol. The molecule has 0 radical (unpaired) electrons. The molecule has 0 spiro atoms. The third-order valence-electron chi connectivity index (χ3n) is 5.38. The van der Waals surface area contributed by atoms with E-state index in [0.29, 0.717) is 5.11 Å². The third-order valence-corrected chi connectivity index (χ3v) is 5.60. The molecular formula is C23H31N3S. The van der Waals surface area contributed by atoms with Crippen LogP contribution in [0.5, 0.6) is 0 Å². The lowest BCUT2D eigenvalue weighted by Gasteiger charge is -2.33. The maximum absolute atomic E-state index is 5.48. The molecule has 2 N–H and O–H groups in total. The Balaban J connectivity index is 1.55. The summed E-state index contributed by atoms with van der Waals surface area (Å²) < 4.78 is 0. The number of nitrogens with zero attached hydrogens (tertiary/aromatic N) is 1. The highest BCUT2D eigenvalue weighted by Crippen LogP contribution is 2.24. The van der Waals surface area contributed by atoms with Crippen LogP contribution in [0.2, 0.25) is 0 Å². The van der Waals surface area contributed by atoms with Crippen LogP contribution in [0.3, 0.4) is 0 Å². The van der Waals surface area contributed by atoms with E-state index in [2.05, 4.69) is 84.8 Å². The second-order valence-corrected chi connectivity index (χ2v) is 8.06. The van der Waals surface area contributed by atoms with E-state index < -0.39 is 0 Å². The van der Waals surface area contributed by atoms with E-state index in [9.17, 15) is 0 Å². The van der Waals surface area contributed by atoms with Crippen LogP contribution in [0, 0.1) is 5.92 Å². The third kappa shape index (κ3) is 5.46. The Kier molecular flexibility index (Phi) is 6.73. The van der Waals surface area contributed by atoms with Gasteiger partial charge < -0.3 is 15.5 Å². The maximum atomic E-state index is 5.48. The SMILES string of the molecule is CCc1ccc(NC(=S)N[C@H](C)c2ccc(N3CCC[C@@H](C)C3)cc2)cc1. The topological polar surface area (TPSA) is 27.3 Å². The summed E-state index contributed by atoms with van der Waals surface area (Å²) in [6.07, 6.45) is 3.69. The van der Waals surface area contributed by atoms with Gasteiger partial charge in [-0.05, 0) is 79.7 Å². The lowest BCUT2D eigenvalue weighted by Crippen LogP contribution is -2.34. The number of aryl methyl sites for hydroxylation is 1. The molecule has 1 aliphatic heterocycles. The van der Waals surface area contributed by atoms with Crippen molar-refractivity contribution >= 4 is 28.7 Å². The van der Waals surface area contributed by atoms with Crippen molar-refractivity contribution < 1.29 is 0 Å². The number of thiocarbonyl (C=S) groups is 1. The van der Waals surface area contributed by atoms with Crippen molar-refractivity contribution in [3.63, 3.8) is 0 Å². The summed E-state index contributed by atoms with van der Waals surface area (Å²) in [6.45, 7) is 8.98. The molecule has 1 aliphatic rings. The summed E-state index contributed by atoms with van der Waals surface area (Å²) in [5.74, 6) is 0.786. The number of piperidine rings is 1. The normalized spacial score (nSPS) is 18.0. The molecule has 0 amide bonds. The minimum absolute atomic E-state index is 0.161. The van der Waals surface area contributed by atoms with Gasteiger partial charge in [-0.25, -0.2) is 0 Å². The molecule has 144 valence electrons. The zero-order chi connectivity index (χ0) is 19.2. The van der Waals surface area contributed by atoms with Crippen molar-refractivity contribution in [2.75, 3.05) is 23.3 Å². The van der Waals surface area contributed by atoms with Crippen molar-refractivity contribution in [3.05, 3.63) is 59.7 Å². The first kappa shape index (κ1) is 19.7. The van der Waals surface area contributed by atoms with Gasteiger partial charge in [-0.3, -0.25) is 0 Å². The number of rotatable bonds is 5. The van der Waals surface area contributed by atoms with Gasteiger partial charge in [0.2, 0.25) is 0 Å². The smallest absolute Gasteiger partial charge is 0.171 e. The molecule has 4 heteroatoms. The Morgan fingerprint density at radius 2 is 1.85 bits per heavy atom. The monoisotopic (exact) mass is 381 g/mol. The molecule has 1 heterocycles. The van der Waals surface area contributed by atoms with Gasteiger partial charge in [0.05, 0.1) is 6.04 Å². The van der Waals surface area contributed by atoms with Gasteiger partial charge in [0.25, 0.3) is 0 Å². The highest BCUT2D eigenvalue weighted by Gasteiger charge is 2.17. The van der Waals surface area contributed by atoms with E-state index in [4.69, 9.17) is 12.2 Å². The number of anilines is 2. The molecule has 0 saturated carbocycles. The zero-order valence-electron chi connectivity index (χ0n) is 16.7. The van der Waals surface area contributed by atoms with Crippen LogP contribution in [-0.2, 0) is 6.42 Å². The van der Waals surface area contributed by atoms with Crippen LogP contribution < -0.4 is 15.5 Å². The standard InChI is InChI=1S/C23H31N3S/c1-4-19-7-11-21(12-8-19)25-23(27)24-18(3)20-9-13-22(14-10-20)26-15-5-6-17(2)16-26/h7-14,17-18H,4-6,15-16H2,1-3H3,(H2,24,25,27)/t17-,18-/m1/s1. The molecular weight excluding hydrogens is 350 g/mol. The highest BCUT2D eigenvalue weighted by atomic mass is 32.1. The van der Waals surface area contributed by atoms with Gasteiger partial charge in [0.1, 0.15) is 0 Å². The van der Waals surface area contributed by atoms with Crippen molar-refractivity contribution in [1.82, 2.24) is 5.32 Å². The Morgan fingerprint density at radius 3 is 2.48 bits per heavy atom. The van der Waals surface area contributed by atoms with Gasteiger partial charge in [0.15, 0.2) is 5.11 Å². The van der Waals surface area contributed by atoms with Gasteiger partial charge in [-0.15, -0.1) is 0 Å². The van der Waals surface area contributed by atoms with Crippen LogP contribution in [0.4, 0.5) is 11.4 Å². The van der Waals surface area contributed by atoms with E-state index in [-0.39, 0.29) is 6.04 Å². The van der Waals surface area contributed by atoms with Crippen molar-refractivity contribution in [2.24, 2.45) is 5.92 Å². The molecule has 3 nitrogen and oxygen atoms in total. The molecule has 2 aromatic rings. The molecule has 0 aromatic heterocycles. The van der Waals surface area contributed by atoms with Crippen LogP contribution >= 0.6 is 12.2 Å². The molecule has 1 fully saturated rings. The molecule has 1 saturated heterocycles. The maximum Gasteiger partial charge on any atom is 0.171 e. The minimum Gasteiger partial charge on any atom is -0.371 e. The van der Waals surface area contributed by atoms with E-state index in [0.717, 1.165) is 24.6 Å². The van der Waals surface area contributed by atoms with Crippen LogP contribution in [0.25, 0.3) is 0 Å². The molecule has 2 atom stereocenters. The number of benzene rings is 2. The average molecular weight is 382 g/mol. The molecule has 2 aromatic carbocycles. The quantitative estimate of drug-likeness (QED) is 0.666. The fourth-order valence-corrected chi connectivity index (χ4v) is 3.96. The average Bonchev–Trinajstić information content (AvgIpc) is 2.68. The lowest BCUT2D eigenvalue weighted by molar-refractivity contribution is 0.447. The Hall–Kier alpha value is -2.07. The Labute approximate surface area is 169 Å². The fourth-order valence-electron chi connectivity index (χ4n) is 3.67. The first-order valence-electron chi connectivity index (χ1n) is 10.1. The second kappa shape index (κ2) is 9.23. The largest absolute Gasteiger partial charge is 0.371 e. The van der Waals surface area contributed by atoms with Gasteiger partial charge in [-0.2, -0.15) is 0 Å². The minimum atomic E-state index is 0.161. The van der Waals surface area contributed by atoms with Crippen LogP contribution in [0.1, 0.15) is 50.8 Å². The second-order valence-electron chi connectivity index (χ2n) is 7.66. The molecule has 0 bridgehead atoms. The summed E-state index contributed by atoms with van der Waals surface area (Å²) in [4.78, 5) is 2.50. The van der Waals surface area contributed by atoms with Gasteiger partial charge >= 0.3 is 0 Å². The molecule has 0 aliphatic carbocycles. The van der Waals surface area contributed by atoms with Crippen LogP contribution in [0.15, 0.2) is 48.5 Å². The molecule has 0 unspecified atom stereocenters. The molecule has 27 heavy (non-hydrogen) atoms. The summed E-state index contributed by atoms with van der Waals surface area (Å²) in [5.41, 5.74) is 4.92. The van der Waals surface area contributed by atoms with Crippen molar-refractivity contribution in [1.29, 1.82) is 0 Å². The fraction of sp³-hybridized carbons (Fsp3) is 0.435. The van der Waals surface area contributed by atoms with E-state index in [1.807, 2.05) is 0 Å². The first-order valence-corrected chi connectivity index (χ1v) is 10.5. The molecule has 3 rings (SSSR count). The Bertz CT molecular complexity index is 739. The van der Waals surface area contributed by atoms with E-state index >= 15 is 0 Å². The van der Waals surface area contributed by atoms with Crippen molar-refractivity contribution in [2.45, 2.75) is 46.1 Å². The summed E-state index contributed by atoms with van der Waals surface area (Å²) >= 11 is 5.48. The van der Waals surface area contributed by atoms with E-state index in [1.165, 1.54) is 36.2 Å². The number of hydrogen-bond acceptors (Lipinski definition) is 2. The number of hydrogen-bond donors (Lipinski definition) is 2. The Morgan fingerprint density at radius 1 is 1.15 bits per heavy atom. The van der Waals surface area contributed by atoms with E-state index in [1.54, 1.807) is 0 Å². The lowest BCUT2D eigenvalue weighted by atomic mass is 9.99. The first-order chi connectivity index (χ1) is 13.0. The summed E-state index contributed by atoms with van der Waals surface area (Å²) in [7, 11) is 0. The summed E-state index contributed by atoms with van der Waals surface area (Å²) in [6, 6.07) is 17.5. The van der Waals surface area contributed by atoms with Gasteiger partial charge in [-0.1, -0.05) is 38.1 Å². The zero-order valence-corrected chi connectivity index (χ0v) is 17.5.